The number of likely N-dealkylation sites (N-methyl/N-ethyl adjacent to an activating group) is 1. The van der Waals surface area contributed by atoms with Gasteiger partial charge in [-0.25, -0.2) is 4.79 Å². The molecule has 0 saturated carbocycles. The molecule has 0 bridgehead atoms. The molecule has 1 saturated heterocycles. The number of ether oxygens (including phenoxy) is 1. The maximum Gasteiger partial charge on any atom is 0.410 e. The molecular weight excluding hydrogens is 192 g/mol. The molecule has 1 heterocycles. The van der Waals surface area contributed by atoms with Crippen molar-refractivity contribution in [2.24, 2.45) is 0 Å². The molecule has 0 aliphatic carbocycles. The molecule has 1 N–H and O–H groups in total. The minimum absolute atomic E-state index is 0.201. The van der Waals surface area contributed by atoms with Crippen LogP contribution in [0.1, 0.15) is 34.1 Å². The van der Waals surface area contributed by atoms with Crippen LogP contribution in [-0.2, 0) is 4.74 Å². The zero-order valence-electron chi connectivity index (χ0n) is 10.3. The highest BCUT2D eigenvalue weighted by Gasteiger charge is 2.34. The lowest BCUT2D eigenvalue weighted by Crippen LogP contribution is -2.40. The zero-order valence-corrected chi connectivity index (χ0v) is 10.3. The van der Waals surface area contributed by atoms with E-state index in [9.17, 15) is 4.79 Å². The Labute approximate surface area is 92.0 Å². The van der Waals surface area contributed by atoms with Crippen LogP contribution >= 0.6 is 0 Å². The van der Waals surface area contributed by atoms with Crippen molar-refractivity contribution in [3.8, 4) is 0 Å². The molecule has 1 fully saturated rings. The van der Waals surface area contributed by atoms with Gasteiger partial charge in [0.15, 0.2) is 0 Å². The van der Waals surface area contributed by atoms with Crippen LogP contribution in [-0.4, -0.2) is 42.3 Å². The van der Waals surface area contributed by atoms with Gasteiger partial charge in [-0.1, -0.05) is 0 Å². The Balaban J connectivity index is 2.54. The van der Waals surface area contributed by atoms with Crippen molar-refractivity contribution in [2.75, 3.05) is 13.6 Å². The van der Waals surface area contributed by atoms with E-state index in [-0.39, 0.29) is 12.1 Å². The van der Waals surface area contributed by atoms with Crippen molar-refractivity contribution >= 4 is 6.09 Å². The molecule has 88 valence electrons. The second kappa shape index (κ2) is 4.39. The summed E-state index contributed by atoms with van der Waals surface area (Å²) < 4.78 is 5.34. The SMILES string of the molecule is CN[C@@H]1C[C@@H](C)N(C(=O)OC(C)(C)C)C1. The molecule has 15 heavy (non-hydrogen) atoms. The van der Waals surface area contributed by atoms with Gasteiger partial charge in [-0.3, -0.25) is 0 Å². The Morgan fingerprint density at radius 2 is 2.07 bits per heavy atom. The van der Waals surface area contributed by atoms with E-state index in [4.69, 9.17) is 4.74 Å². The number of carbonyl (C=O) groups excluding carboxylic acids is 1. The summed E-state index contributed by atoms with van der Waals surface area (Å²) in [7, 11) is 1.93. The Hall–Kier alpha value is -0.770. The van der Waals surface area contributed by atoms with Gasteiger partial charge in [-0.15, -0.1) is 0 Å². The first-order chi connectivity index (χ1) is 6.83. The van der Waals surface area contributed by atoms with Crippen molar-refractivity contribution < 1.29 is 9.53 Å². The van der Waals surface area contributed by atoms with E-state index in [1.807, 2.05) is 27.8 Å². The zero-order chi connectivity index (χ0) is 11.6. The lowest BCUT2D eigenvalue weighted by molar-refractivity contribution is 0.0236. The third-order valence-electron chi connectivity index (χ3n) is 2.61. The smallest absolute Gasteiger partial charge is 0.410 e. The molecule has 1 amide bonds. The quantitative estimate of drug-likeness (QED) is 0.721. The topological polar surface area (TPSA) is 41.6 Å². The number of rotatable bonds is 1. The summed E-state index contributed by atoms with van der Waals surface area (Å²) in [5.74, 6) is 0. The summed E-state index contributed by atoms with van der Waals surface area (Å²) >= 11 is 0. The second-order valence-corrected chi connectivity index (χ2v) is 5.20. The Kier molecular flexibility index (Phi) is 3.60. The highest BCUT2D eigenvalue weighted by atomic mass is 16.6. The maximum absolute atomic E-state index is 11.8. The molecule has 4 nitrogen and oxygen atoms in total. The highest BCUT2D eigenvalue weighted by molar-refractivity contribution is 5.69. The van der Waals surface area contributed by atoms with Crippen LogP contribution in [0.3, 0.4) is 0 Å². The summed E-state index contributed by atoms with van der Waals surface area (Å²) in [6, 6.07) is 0.657. The van der Waals surface area contributed by atoms with Crippen LogP contribution in [0.25, 0.3) is 0 Å². The fourth-order valence-electron chi connectivity index (χ4n) is 1.82. The molecule has 1 aliphatic heterocycles. The number of hydrogen-bond acceptors (Lipinski definition) is 3. The predicted molar refractivity (Wildman–Crippen MR) is 59.9 cm³/mol. The molecule has 0 radical (unpaired) electrons. The molecule has 4 heteroatoms. The van der Waals surface area contributed by atoms with Gasteiger partial charge in [0.2, 0.25) is 0 Å². The predicted octanol–water partition coefficient (Wildman–Crippen LogP) is 1.60. The molecule has 1 aliphatic rings. The fourth-order valence-corrected chi connectivity index (χ4v) is 1.82. The highest BCUT2D eigenvalue weighted by Crippen LogP contribution is 2.20. The number of likely N-dealkylation sites (tertiary alicyclic amines) is 1. The lowest BCUT2D eigenvalue weighted by Gasteiger charge is -2.26. The first-order valence-corrected chi connectivity index (χ1v) is 5.50. The van der Waals surface area contributed by atoms with E-state index in [0.29, 0.717) is 6.04 Å². The van der Waals surface area contributed by atoms with E-state index in [2.05, 4.69) is 12.2 Å². The van der Waals surface area contributed by atoms with Gasteiger partial charge >= 0.3 is 6.09 Å². The van der Waals surface area contributed by atoms with Crippen LogP contribution in [0, 0.1) is 0 Å². The summed E-state index contributed by atoms with van der Waals surface area (Å²) in [5.41, 5.74) is -0.408. The lowest BCUT2D eigenvalue weighted by atomic mass is 10.2. The average molecular weight is 214 g/mol. The van der Waals surface area contributed by atoms with E-state index in [0.717, 1.165) is 13.0 Å². The van der Waals surface area contributed by atoms with E-state index < -0.39 is 5.60 Å². The largest absolute Gasteiger partial charge is 0.444 e. The molecular formula is C11H22N2O2. The van der Waals surface area contributed by atoms with Crippen molar-refractivity contribution in [3.63, 3.8) is 0 Å². The molecule has 0 unspecified atom stereocenters. The van der Waals surface area contributed by atoms with Gasteiger partial charge < -0.3 is 15.0 Å². The average Bonchev–Trinajstić information content (AvgIpc) is 2.43. The monoisotopic (exact) mass is 214 g/mol. The minimum atomic E-state index is -0.408. The van der Waals surface area contributed by atoms with Gasteiger partial charge in [0.05, 0.1) is 0 Å². The van der Waals surface area contributed by atoms with E-state index in [1.165, 1.54) is 0 Å². The first kappa shape index (κ1) is 12.3. The van der Waals surface area contributed by atoms with Crippen LogP contribution in [0.5, 0.6) is 0 Å². The molecule has 0 aromatic carbocycles. The molecule has 0 spiro atoms. The van der Waals surface area contributed by atoms with Gasteiger partial charge in [0.25, 0.3) is 0 Å². The molecule has 0 aromatic rings. The second-order valence-electron chi connectivity index (χ2n) is 5.20. The van der Waals surface area contributed by atoms with Gasteiger partial charge in [-0.05, 0) is 41.2 Å². The molecule has 1 rings (SSSR count). The Bertz CT molecular complexity index is 235. The number of nitrogens with one attached hydrogen (secondary N) is 1. The van der Waals surface area contributed by atoms with E-state index >= 15 is 0 Å². The van der Waals surface area contributed by atoms with Gasteiger partial charge in [0, 0.05) is 18.6 Å². The molecule has 0 aromatic heterocycles. The molecule has 2 atom stereocenters. The third-order valence-corrected chi connectivity index (χ3v) is 2.61. The van der Waals surface area contributed by atoms with Crippen molar-refractivity contribution in [3.05, 3.63) is 0 Å². The van der Waals surface area contributed by atoms with Gasteiger partial charge in [0.1, 0.15) is 5.60 Å². The van der Waals surface area contributed by atoms with Crippen LogP contribution < -0.4 is 5.32 Å². The number of hydrogen-bond donors (Lipinski definition) is 1. The summed E-state index contributed by atoms with van der Waals surface area (Å²) in [4.78, 5) is 13.6. The number of nitrogens with zero attached hydrogens (tertiary/aromatic N) is 1. The Morgan fingerprint density at radius 3 is 2.47 bits per heavy atom. The normalized spacial score (nSPS) is 26.9. The van der Waals surface area contributed by atoms with Crippen LogP contribution in [0.15, 0.2) is 0 Å². The minimum Gasteiger partial charge on any atom is -0.444 e. The summed E-state index contributed by atoms with van der Waals surface area (Å²) in [5, 5.41) is 3.19. The van der Waals surface area contributed by atoms with Crippen LogP contribution in [0.4, 0.5) is 4.79 Å². The number of amides is 1. The summed E-state index contributed by atoms with van der Waals surface area (Å²) in [6.07, 6.45) is 0.795. The van der Waals surface area contributed by atoms with E-state index in [1.54, 1.807) is 4.90 Å². The van der Waals surface area contributed by atoms with Crippen molar-refractivity contribution in [1.82, 2.24) is 10.2 Å². The summed E-state index contributed by atoms with van der Waals surface area (Å²) in [6.45, 7) is 8.47. The van der Waals surface area contributed by atoms with Gasteiger partial charge in [-0.2, -0.15) is 0 Å². The maximum atomic E-state index is 11.8. The Morgan fingerprint density at radius 1 is 1.47 bits per heavy atom. The van der Waals surface area contributed by atoms with Crippen LogP contribution in [0.2, 0.25) is 0 Å². The van der Waals surface area contributed by atoms with Crippen molar-refractivity contribution in [2.45, 2.75) is 51.8 Å². The van der Waals surface area contributed by atoms with Crippen molar-refractivity contribution in [1.29, 1.82) is 0 Å². The first-order valence-electron chi connectivity index (χ1n) is 5.50. The standard InChI is InChI=1S/C11H22N2O2/c1-8-6-9(12-5)7-13(8)10(14)15-11(2,3)4/h8-9,12H,6-7H2,1-5H3/t8-,9-/m1/s1. The third kappa shape index (κ3) is 3.38. The number of carbonyl (C=O) groups is 1. The fraction of sp³-hybridized carbons (Fsp3) is 0.909.